The Labute approximate surface area is 89.7 Å². The molecule has 2 heteroatoms. The zero-order valence-corrected chi connectivity index (χ0v) is 8.86. The van der Waals surface area contributed by atoms with E-state index in [0.717, 1.165) is 17.7 Å². The molecule has 2 aromatic rings. The van der Waals surface area contributed by atoms with Crippen LogP contribution in [0.25, 0.3) is 11.1 Å². The van der Waals surface area contributed by atoms with Crippen LogP contribution < -0.4 is 5.73 Å². The van der Waals surface area contributed by atoms with Gasteiger partial charge in [-0.15, -0.1) is 0 Å². The lowest BCUT2D eigenvalue weighted by atomic mass is 10.0. The summed E-state index contributed by atoms with van der Waals surface area (Å²) in [6.45, 7) is 2.59. The molecule has 0 unspecified atom stereocenters. The van der Waals surface area contributed by atoms with E-state index in [1.54, 1.807) is 6.26 Å². The summed E-state index contributed by atoms with van der Waals surface area (Å²) >= 11 is 0. The standard InChI is InChI=1S/C13H15NO/c1-2-10-3-5-11(6-4-10)12-7-8-15-13(12)9-14/h3-8H,2,9,14H2,1H3. The van der Waals surface area contributed by atoms with E-state index in [9.17, 15) is 0 Å². The molecule has 2 rings (SSSR count). The topological polar surface area (TPSA) is 39.2 Å². The molecule has 78 valence electrons. The van der Waals surface area contributed by atoms with Gasteiger partial charge < -0.3 is 10.2 Å². The molecule has 0 aliphatic heterocycles. The van der Waals surface area contributed by atoms with Crippen LogP contribution in [-0.2, 0) is 13.0 Å². The molecule has 2 N–H and O–H groups in total. The highest BCUT2D eigenvalue weighted by Crippen LogP contribution is 2.24. The van der Waals surface area contributed by atoms with E-state index in [1.807, 2.05) is 6.07 Å². The Hall–Kier alpha value is -1.54. The molecule has 1 aromatic carbocycles. The van der Waals surface area contributed by atoms with Gasteiger partial charge in [0.2, 0.25) is 0 Å². The normalized spacial score (nSPS) is 10.5. The second-order valence-electron chi connectivity index (χ2n) is 3.51. The first-order chi connectivity index (χ1) is 7.35. The third-order valence-corrected chi connectivity index (χ3v) is 2.60. The maximum Gasteiger partial charge on any atom is 0.125 e. The lowest BCUT2D eigenvalue weighted by Gasteiger charge is -2.02. The number of furan rings is 1. The van der Waals surface area contributed by atoms with Crippen LogP contribution in [0.4, 0.5) is 0 Å². The summed E-state index contributed by atoms with van der Waals surface area (Å²) in [5.74, 6) is 0.847. The summed E-state index contributed by atoms with van der Waals surface area (Å²) in [7, 11) is 0. The number of nitrogens with two attached hydrogens (primary N) is 1. The fraction of sp³-hybridized carbons (Fsp3) is 0.231. The Kier molecular flexibility index (Phi) is 2.88. The van der Waals surface area contributed by atoms with Crippen molar-refractivity contribution in [2.75, 3.05) is 0 Å². The minimum atomic E-state index is 0.442. The Morgan fingerprint density at radius 2 is 1.87 bits per heavy atom. The first kappa shape index (κ1) is 9.99. The van der Waals surface area contributed by atoms with Crippen LogP contribution in [0.5, 0.6) is 0 Å². The summed E-state index contributed by atoms with van der Waals surface area (Å²) in [4.78, 5) is 0. The predicted molar refractivity (Wildman–Crippen MR) is 61.4 cm³/mol. The Balaban J connectivity index is 2.37. The lowest BCUT2D eigenvalue weighted by molar-refractivity contribution is 0.513. The van der Waals surface area contributed by atoms with Crippen molar-refractivity contribution in [2.24, 2.45) is 5.73 Å². The van der Waals surface area contributed by atoms with Gasteiger partial charge in [-0.25, -0.2) is 0 Å². The van der Waals surface area contributed by atoms with E-state index < -0.39 is 0 Å². The molecule has 2 nitrogen and oxygen atoms in total. The molecule has 1 heterocycles. The van der Waals surface area contributed by atoms with E-state index in [1.165, 1.54) is 11.1 Å². The van der Waals surface area contributed by atoms with Crippen molar-refractivity contribution < 1.29 is 4.42 Å². The average molecular weight is 201 g/mol. The van der Waals surface area contributed by atoms with E-state index in [-0.39, 0.29) is 0 Å². The number of aryl methyl sites for hydroxylation is 1. The molecule has 0 spiro atoms. The number of benzene rings is 1. The highest BCUT2D eigenvalue weighted by Gasteiger charge is 2.06. The smallest absolute Gasteiger partial charge is 0.125 e. The summed E-state index contributed by atoms with van der Waals surface area (Å²) in [5.41, 5.74) is 9.20. The van der Waals surface area contributed by atoms with Crippen LogP contribution >= 0.6 is 0 Å². The van der Waals surface area contributed by atoms with Gasteiger partial charge in [-0.1, -0.05) is 31.2 Å². The number of hydrogen-bond donors (Lipinski definition) is 1. The Morgan fingerprint density at radius 3 is 2.47 bits per heavy atom. The van der Waals surface area contributed by atoms with E-state index in [0.29, 0.717) is 6.54 Å². The summed E-state index contributed by atoms with van der Waals surface area (Å²) < 4.78 is 5.30. The summed E-state index contributed by atoms with van der Waals surface area (Å²) in [6.07, 6.45) is 2.75. The highest BCUT2D eigenvalue weighted by atomic mass is 16.3. The van der Waals surface area contributed by atoms with Crippen LogP contribution in [0.1, 0.15) is 18.2 Å². The molecule has 0 atom stereocenters. The van der Waals surface area contributed by atoms with Crippen molar-refractivity contribution >= 4 is 0 Å². The SMILES string of the molecule is CCc1ccc(-c2ccoc2CN)cc1. The predicted octanol–water partition coefficient (Wildman–Crippen LogP) is 2.97. The van der Waals surface area contributed by atoms with Gasteiger partial charge >= 0.3 is 0 Å². The minimum absolute atomic E-state index is 0.442. The van der Waals surface area contributed by atoms with Crippen LogP contribution in [0, 0.1) is 0 Å². The monoisotopic (exact) mass is 201 g/mol. The zero-order valence-electron chi connectivity index (χ0n) is 8.86. The van der Waals surface area contributed by atoms with Gasteiger partial charge in [0.05, 0.1) is 12.8 Å². The Morgan fingerprint density at radius 1 is 1.13 bits per heavy atom. The van der Waals surface area contributed by atoms with Gasteiger partial charge in [-0.3, -0.25) is 0 Å². The van der Waals surface area contributed by atoms with Crippen LogP contribution in [-0.4, -0.2) is 0 Å². The third kappa shape index (κ3) is 1.95. The van der Waals surface area contributed by atoms with E-state index in [4.69, 9.17) is 10.2 Å². The van der Waals surface area contributed by atoms with Gasteiger partial charge in [0, 0.05) is 5.56 Å². The molecular formula is C13H15NO. The first-order valence-corrected chi connectivity index (χ1v) is 5.21. The van der Waals surface area contributed by atoms with E-state index in [2.05, 4.69) is 31.2 Å². The summed E-state index contributed by atoms with van der Waals surface area (Å²) in [6, 6.07) is 10.5. The number of hydrogen-bond acceptors (Lipinski definition) is 2. The maximum atomic E-state index is 5.59. The quantitative estimate of drug-likeness (QED) is 0.829. The molecule has 0 aliphatic rings. The lowest BCUT2D eigenvalue weighted by Crippen LogP contribution is -1.95. The molecule has 0 aliphatic carbocycles. The van der Waals surface area contributed by atoms with Crippen molar-refractivity contribution in [1.82, 2.24) is 0 Å². The molecule has 15 heavy (non-hydrogen) atoms. The molecule has 0 bridgehead atoms. The molecule has 1 aromatic heterocycles. The second-order valence-corrected chi connectivity index (χ2v) is 3.51. The van der Waals surface area contributed by atoms with Crippen LogP contribution in [0.15, 0.2) is 41.0 Å². The van der Waals surface area contributed by atoms with Crippen LogP contribution in [0.2, 0.25) is 0 Å². The fourth-order valence-corrected chi connectivity index (χ4v) is 1.68. The first-order valence-electron chi connectivity index (χ1n) is 5.21. The van der Waals surface area contributed by atoms with Crippen molar-refractivity contribution in [3.05, 3.63) is 47.9 Å². The largest absolute Gasteiger partial charge is 0.467 e. The Bertz CT molecular complexity index is 428. The molecular weight excluding hydrogens is 186 g/mol. The van der Waals surface area contributed by atoms with Gasteiger partial charge in [0.25, 0.3) is 0 Å². The summed E-state index contributed by atoms with van der Waals surface area (Å²) in [5, 5.41) is 0. The third-order valence-electron chi connectivity index (χ3n) is 2.60. The molecule has 0 saturated heterocycles. The highest BCUT2D eigenvalue weighted by molar-refractivity contribution is 5.65. The maximum absolute atomic E-state index is 5.59. The molecule has 0 saturated carbocycles. The van der Waals surface area contributed by atoms with Crippen molar-refractivity contribution in [2.45, 2.75) is 19.9 Å². The van der Waals surface area contributed by atoms with E-state index >= 15 is 0 Å². The van der Waals surface area contributed by atoms with Gasteiger partial charge in [0.15, 0.2) is 0 Å². The molecule has 0 radical (unpaired) electrons. The average Bonchev–Trinajstić information content (AvgIpc) is 2.77. The van der Waals surface area contributed by atoms with Gasteiger partial charge in [0.1, 0.15) is 5.76 Å². The van der Waals surface area contributed by atoms with Crippen molar-refractivity contribution in [3.63, 3.8) is 0 Å². The van der Waals surface area contributed by atoms with Crippen LogP contribution in [0.3, 0.4) is 0 Å². The fourth-order valence-electron chi connectivity index (χ4n) is 1.68. The number of rotatable bonds is 3. The van der Waals surface area contributed by atoms with Crippen molar-refractivity contribution in [1.29, 1.82) is 0 Å². The molecule has 0 amide bonds. The second kappa shape index (κ2) is 4.32. The minimum Gasteiger partial charge on any atom is -0.467 e. The zero-order chi connectivity index (χ0) is 10.7. The van der Waals surface area contributed by atoms with Crippen molar-refractivity contribution in [3.8, 4) is 11.1 Å². The molecule has 0 fully saturated rings. The van der Waals surface area contributed by atoms with Gasteiger partial charge in [-0.05, 0) is 23.6 Å². The van der Waals surface area contributed by atoms with Gasteiger partial charge in [-0.2, -0.15) is 0 Å².